The van der Waals surface area contributed by atoms with Gasteiger partial charge in [0.25, 0.3) is 0 Å². The fourth-order valence-electron chi connectivity index (χ4n) is 2.45. The molecule has 2 rings (SSSR count). The molecule has 0 aliphatic carbocycles. The minimum Gasteiger partial charge on any atom is -0.461 e. The van der Waals surface area contributed by atoms with Gasteiger partial charge in [-0.05, 0) is 31.2 Å². The third kappa shape index (κ3) is 6.00. The number of carbonyl (C=O) groups excluding carboxylic acids is 2. The van der Waals surface area contributed by atoms with E-state index >= 15 is 0 Å². The predicted octanol–water partition coefficient (Wildman–Crippen LogP) is 1.64. The summed E-state index contributed by atoms with van der Waals surface area (Å²) in [7, 11) is 0. The van der Waals surface area contributed by atoms with Gasteiger partial charge in [0.2, 0.25) is 0 Å². The topological polar surface area (TPSA) is 81.9 Å². The Morgan fingerprint density at radius 2 is 1.91 bits per heavy atom. The van der Waals surface area contributed by atoms with Crippen LogP contribution in [0.3, 0.4) is 0 Å². The Morgan fingerprint density at radius 3 is 2.52 bits per heavy atom. The van der Waals surface area contributed by atoms with Gasteiger partial charge in [0.15, 0.2) is 0 Å². The van der Waals surface area contributed by atoms with E-state index in [1.165, 1.54) is 0 Å². The fourth-order valence-corrected chi connectivity index (χ4v) is 2.45. The van der Waals surface area contributed by atoms with Gasteiger partial charge in [-0.15, -0.1) is 5.06 Å². The molecule has 1 aromatic rings. The first kappa shape index (κ1) is 17.4. The molecule has 1 saturated heterocycles. The van der Waals surface area contributed by atoms with Gasteiger partial charge in [-0.25, -0.2) is 4.79 Å². The maximum atomic E-state index is 11.9. The lowest BCUT2D eigenvalue weighted by Crippen LogP contribution is -2.40. The molecule has 1 aromatic carbocycles. The summed E-state index contributed by atoms with van der Waals surface area (Å²) in [6.45, 7) is 3.15. The molecular formula is C17H24N2O4. The number of nitrogens with two attached hydrogens (primary N) is 1. The van der Waals surface area contributed by atoms with Crippen molar-refractivity contribution in [2.45, 2.75) is 38.8 Å². The zero-order chi connectivity index (χ0) is 16.7. The van der Waals surface area contributed by atoms with Crippen molar-refractivity contribution in [3.8, 4) is 0 Å². The monoisotopic (exact) mass is 320 g/mol. The summed E-state index contributed by atoms with van der Waals surface area (Å²) in [5.74, 6) is -0.339. The lowest BCUT2D eigenvalue weighted by Gasteiger charge is -2.30. The van der Waals surface area contributed by atoms with Gasteiger partial charge in [0, 0.05) is 19.5 Å². The molecule has 23 heavy (non-hydrogen) atoms. The third-order valence-corrected chi connectivity index (χ3v) is 3.86. The van der Waals surface area contributed by atoms with Crippen molar-refractivity contribution in [3.05, 3.63) is 35.9 Å². The van der Waals surface area contributed by atoms with Crippen LogP contribution in [0.5, 0.6) is 0 Å². The number of piperidine rings is 1. The number of esters is 1. The molecule has 0 spiro atoms. The summed E-state index contributed by atoms with van der Waals surface area (Å²) < 4.78 is 5.30. The normalized spacial score (nSPS) is 17.5. The minimum atomic E-state index is -0.624. The predicted molar refractivity (Wildman–Crippen MR) is 84.9 cm³/mol. The Kier molecular flexibility index (Phi) is 6.55. The summed E-state index contributed by atoms with van der Waals surface area (Å²) in [4.78, 5) is 28.5. The zero-order valence-electron chi connectivity index (χ0n) is 13.4. The van der Waals surface area contributed by atoms with E-state index in [4.69, 9.17) is 15.3 Å². The first-order valence-electron chi connectivity index (χ1n) is 7.96. The van der Waals surface area contributed by atoms with Crippen LogP contribution < -0.4 is 5.73 Å². The summed E-state index contributed by atoms with van der Waals surface area (Å²) >= 11 is 0. The van der Waals surface area contributed by atoms with Crippen molar-refractivity contribution in [1.82, 2.24) is 5.06 Å². The zero-order valence-corrected chi connectivity index (χ0v) is 13.4. The molecule has 1 unspecified atom stereocenters. The molecule has 1 aliphatic rings. The van der Waals surface area contributed by atoms with Gasteiger partial charge in [-0.3, -0.25) is 4.79 Å². The molecule has 1 atom stereocenters. The summed E-state index contributed by atoms with van der Waals surface area (Å²) in [6, 6.07) is 9.00. The van der Waals surface area contributed by atoms with Gasteiger partial charge >= 0.3 is 11.9 Å². The van der Waals surface area contributed by atoms with Crippen LogP contribution in [0.1, 0.15) is 31.7 Å². The van der Waals surface area contributed by atoms with Crippen LogP contribution in [0.15, 0.2) is 30.3 Å². The highest BCUT2D eigenvalue weighted by Crippen LogP contribution is 2.21. The minimum absolute atomic E-state index is 0.181. The van der Waals surface area contributed by atoms with Gasteiger partial charge in [-0.2, -0.15) is 0 Å². The van der Waals surface area contributed by atoms with E-state index in [9.17, 15) is 9.59 Å². The molecule has 0 amide bonds. The van der Waals surface area contributed by atoms with Crippen LogP contribution in [0.25, 0.3) is 0 Å². The first-order valence-corrected chi connectivity index (χ1v) is 7.96. The number of hydrogen-bond donors (Lipinski definition) is 1. The van der Waals surface area contributed by atoms with Gasteiger partial charge in [-0.1, -0.05) is 30.3 Å². The smallest absolute Gasteiger partial charge is 0.341 e. The van der Waals surface area contributed by atoms with Crippen LogP contribution >= 0.6 is 0 Å². The number of carbonyl (C=O) groups is 2. The number of benzene rings is 1. The molecule has 6 heteroatoms. The second-order valence-corrected chi connectivity index (χ2v) is 5.92. The number of ether oxygens (including phenoxy) is 1. The maximum Gasteiger partial charge on any atom is 0.341 e. The Morgan fingerprint density at radius 1 is 1.26 bits per heavy atom. The molecule has 6 nitrogen and oxygen atoms in total. The van der Waals surface area contributed by atoms with Crippen LogP contribution in [-0.4, -0.2) is 36.1 Å². The Labute approximate surface area is 136 Å². The third-order valence-electron chi connectivity index (χ3n) is 3.86. The van der Waals surface area contributed by atoms with Gasteiger partial charge < -0.3 is 15.3 Å². The van der Waals surface area contributed by atoms with Gasteiger partial charge in [0.1, 0.15) is 12.6 Å². The first-order chi connectivity index (χ1) is 11.0. The summed E-state index contributed by atoms with van der Waals surface area (Å²) in [5.41, 5.74) is 6.45. The van der Waals surface area contributed by atoms with Crippen molar-refractivity contribution in [2.75, 3.05) is 13.1 Å². The second-order valence-electron chi connectivity index (χ2n) is 5.92. The van der Waals surface area contributed by atoms with E-state index in [1.807, 2.05) is 30.3 Å². The molecule has 0 bridgehead atoms. The maximum absolute atomic E-state index is 11.9. The van der Waals surface area contributed by atoms with E-state index < -0.39 is 12.0 Å². The van der Waals surface area contributed by atoms with Crippen LogP contribution in [0, 0.1) is 5.92 Å². The highest BCUT2D eigenvalue weighted by Gasteiger charge is 2.25. The van der Waals surface area contributed by atoms with E-state index in [0.29, 0.717) is 26.1 Å². The van der Waals surface area contributed by atoms with Crippen molar-refractivity contribution in [1.29, 1.82) is 0 Å². The molecule has 0 radical (unpaired) electrons. The summed E-state index contributed by atoms with van der Waals surface area (Å²) in [5, 5.41) is 1.62. The Balaban J connectivity index is 1.65. The molecular weight excluding hydrogens is 296 g/mol. The van der Waals surface area contributed by atoms with Gasteiger partial charge in [0.05, 0.1) is 0 Å². The summed E-state index contributed by atoms with van der Waals surface area (Å²) in [6.07, 6.45) is 2.00. The lowest BCUT2D eigenvalue weighted by atomic mass is 9.94. The van der Waals surface area contributed by atoms with E-state index in [1.54, 1.807) is 12.0 Å². The number of rotatable bonds is 6. The van der Waals surface area contributed by atoms with Crippen LogP contribution in [-0.2, 0) is 25.8 Å². The Bertz CT molecular complexity index is 511. The average molecular weight is 320 g/mol. The average Bonchev–Trinajstić information content (AvgIpc) is 2.55. The number of hydroxylamine groups is 2. The quantitative estimate of drug-likeness (QED) is 0.802. The molecule has 126 valence electrons. The molecule has 0 aromatic heterocycles. The highest BCUT2D eigenvalue weighted by molar-refractivity contribution is 5.74. The second kappa shape index (κ2) is 8.64. The van der Waals surface area contributed by atoms with Crippen molar-refractivity contribution in [2.24, 2.45) is 11.7 Å². The SMILES string of the molecule is CC(N)C(=O)ON1CCC(CC(=O)OCc2ccccc2)CC1. The molecule has 1 fully saturated rings. The van der Waals surface area contributed by atoms with Crippen LogP contribution in [0.2, 0.25) is 0 Å². The number of nitrogens with zero attached hydrogens (tertiary/aromatic N) is 1. The lowest BCUT2D eigenvalue weighted by molar-refractivity contribution is -0.198. The number of hydrogen-bond acceptors (Lipinski definition) is 6. The molecule has 1 aliphatic heterocycles. The molecule has 0 saturated carbocycles. The standard InChI is InChI=1S/C17H24N2O4/c1-13(18)17(21)23-19-9-7-14(8-10-19)11-16(20)22-12-15-5-3-2-4-6-15/h2-6,13-14H,7-12,18H2,1H3. The molecule has 2 N–H and O–H groups in total. The highest BCUT2D eigenvalue weighted by atomic mass is 16.7. The van der Waals surface area contributed by atoms with Crippen LogP contribution in [0.4, 0.5) is 0 Å². The van der Waals surface area contributed by atoms with Crippen molar-refractivity contribution >= 4 is 11.9 Å². The van der Waals surface area contributed by atoms with E-state index in [2.05, 4.69) is 0 Å². The van der Waals surface area contributed by atoms with E-state index in [0.717, 1.165) is 18.4 Å². The Hall–Kier alpha value is -1.92. The fraction of sp³-hybridized carbons (Fsp3) is 0.529. The largest absolute Gasteiger partial charge is 0.461 e. The van der Waals surface area contributed by atoms with Crippen molar-refractivity contribution < 1.29 is 19.2 Å². The van der Waals surface area contributed by atoms with Crippen molar-refractivity contribution in [3.63, 3.8) is 0 Å². The molecule has 1 heterocycles. The van der Waals surface area contributed by atoms with E-state index in [-0.39, 0.29) is 11.9 Å².